The third kappa shape index (κ3) is 9.48. The van der Waals surface area contributed by atoms with E-state index in [2.05, 4.69) is 37.2 Å². The van der Waals surface area contributed by atoms with Crippen LogP contribution in [0.5, 0.6) is 0 Å². The summed E-state index contributed by atoms with van der Waals surface area (Å²) in [5.41, 5.74) is 5.78. The monoisotopic (exact) mass is 665 g/mol. The zero-order valence-corrected chi connectivity index (χ0v) is 27.5. The number of nitrogens with zero attached hydrogens (tertiary/aromatic N) is 4. The number of carboxylic acid groups (broad SMARTS) is 1. The molecule has 3 aromatic carbocycles. The summed E-state index contributed by atoms with van der Waals surface area (Å²) in [4.78, 5) is 36.4. The van der Waals surface area contributed by atoms with E-state index in [1.165, 1.54) is 0 Å². The van der Waals surface area contributed by atoms with Crippen LogP contribution in [0.3, 0.4) is 0 Å². The molecule has 0 bridgehead atoms. The second-order valence-corrected chi connectivity index (χ2v) is 12.5. The number of anilines is 1. The number of ether oxygens (including phenoxy) is 2. The first-order chi connectivity index (χ1) is 23.9. The van der Waals surface area contributed by atoms with Gasteiger partial charge in [-0.1, -0.05) is 60.7 Å². The van der Waals surface area contributed by atoms with Gasteiger partial charge in [0, 0.05) is 76.5 Å². The molecule has 2 saturated heterocycles. The summed E-state index contributed by atoms with van der Waals surface area (Å²) >= 11 is 0. The molecule has 0 saturated carbocycles. The van der Waals surface area contributed by atoms with Crippen LogP contribution in [-0.4, -0.2) is 75.8 Å². The summed E-state index contributed by atoms with van der Waals surface area (Å²) in [6.45, 7) is 4.59. The van der Waals surface area contributed by atoms with Crippen molar-refractivity contribution >= 4 is 17.8 Å². The van der Waals surface area contributed by atoms with Gasteiger partial charge in [0.05, 0.1) is 18.8 Å². The van der Waals surface area contributed by atoms with Gasteiger partial charge in [0.15, 0.2) is 6.29 Å². The molecule has 2 fully saturated rings. The number of aliphatic hydroxyl groups is 1. The number of amides is 1. The summed E-state index contributed by atoms with van der Waals surface area (Å²) < 4.78 is 13.3. The van der Waals surface area contributed by atoms with Crippen molar-refractivity contribution in [1.29, 1.82) is 0 Å². The zero-order valence-electron chi connectivity index (χ0n) is 27.5. The second kappa shape index (κ2) is 16.6. The number of aromatic nitrogens is 2. The minimum Gasteiger partial charge on any atom is -0.481 e. The normalized spacial score (nSPS) is 19.8. The van der Waals surface area contributed by atoms with Gasteiger partial charge in [-0.3, -0.25) is 14.5 Å². The Bertz CT molecular complexity index is 1680. The molecule has 3 atom stereocenters. The van der Waals surface area contributed by atoms with E-state index in [1.807, 2.05) is 66.7 Å². The Morgan fingerprint density at radius 2 is 1.55 bits per heavy atom. The predicted molar refractivity (Wildman–Crippen MR) is 184 cm³/mol. The van der Waals surface area contributed by atoms with Crippen LogP contribution >= 0.6 is 0 Å². The number of carbonyl (C=O) groups is 2. The second-order valence-electron chi connectivity index (χ2n) is 12.5. The molecule has 4 aromatic rings. The van der Waals surface area contributed by atoms with Crippen molar-refractivity contribution in [3.8, 4) is 11.1 Å². The highest BCUT2D eigenvalue weighted by molar-refractivity contribution is 5.76. The van der Waals surface area contributed by atoms with E-state index in [9.17, 15) is 14.7 Å². The van der Waals surface area contributed by atoms with E-state index in [-0.39, 0.29) is 37.6 Å². The number of rotatable bonds is 13. The Morgan fingerprint density at radius 3 is 2.29 bits per heavy atom. The van der Waals surface area contributed by atoms with Crippen LogP contribution < -0.4 is 10.2 Å². The van der Waals surface area contributed by atoms with Gasteiger partial charge < -0.3 is 29.9 Å². The molecule has 2 aliphatic heterocycles. The molecule has 1 amide bonds. The van der Waals surface area contributed by atoms with Crippen molar-refractivity contribution < 1.29 is 29.3 Å². The third-order valence-corrected chi connectivity index (χ3v) is 8.99. The van der Waals surface area contributed by atoms with Crippen LogP contribution in [0.4, 0.5) is 5.95 Å². The number of hydrogen-bond donors (Lipinski definition) is 3. The number of nitrogens with one attached hydrogen (secondary N) is 1. The number of piperazine rings is 1. The first-order valence-electron chi connectivity index (χ1n) is 16.9. The first-order valence-corrected chi connectivity index (χ1v) is 16.9. The molecule has 11 nitrogen and oxygen atoms in total. The number of hydrogen-bond acceptors (Lipinski definition) is 9. The highest BCUT2D eigenvalue weighted by Crippen LogP contribution is 2.39. The molecule has 0 radical (unpaired) electrons. The minimum absolute atomic E-state index is 0.00663. The van der Waals surface area contributed by atoms with E-state index in [0.717, 1.165) is 72.1 Å². The van der Waals surface area contributed by atoms with Gasteiger partial charge in [-0.25, -0.2) is 9.97 Å². The fraction of sp³-hybridized carbons (Fsp3) is 0.368. The van der Waals surface area contributed by atoms with Gasteiger partial charge in [-0.2, -0.15) is 0 Å². The van der Waals surface area contributed by atoms with Crippen LogP contribution in [-0.2, 0) is 32.2 Å². The predicted octanol–water partition coefficient (Wildman–Crippen LogP) is 4.87. The summed E-state index contributed by atoms with van der Waals surface area (Å²) in [6.07, 6.45) is 3.92. The van der Waals surface area contributed by atoms with Crippen molar-refractivity contribution in [1.82, 2.24) is 20.2 Å². The Labute approximate surface area is 286 Å². The van der Waals surface area contributed by atoms with E-state index >= 15 is 0 Å². The first kappa shape index (κ1) is 34.2. The van der Waals surface area contributed by atoms with E-state index in [0.29, 0.717) is 19.4 Å². The molecule has 3 N–H and O–H groups in total. The Morgan fingerprint density at radius 1 is 0.816 bits per heavy atom. The molecule has 2 aliphatic rings. The third-order valence-electron chi connectivity index (χ3n) is 8.99. The lowest BCUT2D eigenvalue weighted by molar-refractivity contribution is -0.253. The smallest absolute Gasteiger partial charge is 0.303 e. The van der Waals surface area contributed by atoms with Gasteiger partial charge in [0.25, 0.3) is 0 Å². The zero-order chi connectivity index (χ0) is 34.0. The Balaban J connectivity index is 1.14. The van der Waals surface area contributed by atoms with Gasteiger partial charge in [-0.05, 0) is 52.4 Å². The molecule has 6 rings (SSSR count). The summed E-state index contributed by atoms with van der Waals surface area (Å²) in [6, 6.07) is 26.0. The highest BCUT2D eigenvalue weighted by Gasteiger charge is 2.34. The molecule has 11 heteroatoms. The van der Waals surface area contributed by atoms with Crippen LogP contribution in [0.15, 0.2) is 91.3 Å². The van der Waals surface area contributed by atoms with Crippen LogP contribution in [0.1, 0.15) is 60.3 Å². The molecule has 0 aliphatic carbocycles. The molecule has 256 valence electrons. The highest BCUT2D eigenvalue weighted by atomic mass is 16.7. The van der Waals surface area contributed by atoms with Gasteiger partial charge in [0.2, 0.25) is 11.9 Å². The summed E-state index contributed by atoms with van der Waals surface area (Å²) in [5, 5.41) is 21.3. The van der Waals surface area contributed by atoms with E-state index < -0.39 is 12.3 Å². The van der Waals surface area contributed by atoms with Crippen molar-refractivity contribution in [3.05, 3.63) is 114 Å². The van der Waals surface area contributed by atoms with Gasteiger partial charge in [0.1, 0.15) is 0 Å². The fourth-order valence-electron chi connectivity index (χ4n) is 6.32. The number of carboxylic acids is 1. The molecule has 0 spiro atoms. The van der Waals surface area contributed by atoms with E-state index in [1.54, 1.807) is 12.4 Å². The van der Waals surface area contributed by atoms with E-state index in [4.69, 9.17) is 14.6 Å². The maximum Gasteiger partial charge on any atom is 0.303 e. The number of benzene rings is 3. The van der Waals surface area contributed by atoms with Crippen molar-refractivity contribution in [2.24, 2.45) is 0 Å². The summed E-state index contributed by atoms with van der Waals surface area (Å²) in [7, 11) is 0. The molecular weight excluding hydrogens is 622 g/mol. The molecule has 3 heterocycles. The van der Waals surface area contributed by atoms with Gasteiger partial charge >= 0.3 is 5.97 Å². The minimum atomic E-state index is -0.900. The van der Waals surface area contributed by atoms with Gasteiger partial charge in [-0.15, -0.1) is 0 Å². The lowest BCUT2D eigenvalue weighted by Crippen LogP contribution is -2.50. The Kier molecular flexibility index (Phi) is 11.6. The van der Waals surface area contributed by atoms with Crippen LogP contribution in [0.25, 0.3) is 11.1 Å². The largest absolute Gasteiger partial charge is 0.481 e. The van der Waals surface area contributed by atoms with Crippen molar-refractivity contribution in [2.45, 2.75) is 57.3 Å². The van der Waals surface area contributed by atoms with Crippen molar-refractivity contribution in [3.63, 3.8) is 0 Å². The average molecular weight is 666 g/mol. The maximum atomic E-state index is 12.2. The number of aliphatic carboxylic acids is 1. The molecule has 0 unspecified atom stereocenters. The lowest BCUT2D eigenvalue weighted by atomic mass is 9.98. The molecular formula is C38H43N5O6. The van der Waals surface area contributed by atoms with Crippen LogP contribution in [0, 0.1) is 0 Å². The molecule has 49 heavy (non-hydrogen) atoms. The molecule has 1 aromatic heterocycles. The fourth-order valence-corrected chi connectivity index (χ4v) is 6.32. The number of aliphatic hydroxyl groups excluding tert-OH is 1. The SMILES string of the molecule is O=C(O)CCCC(=O)NCc1cccc(-c2cccc([C@@H]3O[C@H](CN4CCN(c5ncccn5)CC4)C[C@H](c4ccc(CO)cc4)O3)c2)c1. The quantitative estimate of drug-likeness (QED) is 0.181. The summed E-state index contributed by atoms with van der Waals surface area (Å²) in [5.74, 6) is -0.301. The number of carbonyl (C=O) groups excluding carboxylic acids is 1. The lowest BCUT2D eigenvalue weighted by Gasteiger charge is -2.40. The standard InChI is InChI=1S/C38H43N5O6/c44-26-27-11-13-29(14-12-27)34-23-33(25-42-17-19-43(20-18-42)38-39-15-4-16-40-38)48-37(49-34)32-8-2-7-31(22-32)30-6-1-5-28(21-30)24-41-35(45)9-3-10-36(46)47/h1-2,4-8,11-16,21-22,33-34,37,44H,3,9-10,17-20,23-26H2,(H,41,45)(H,46,47)/t33-,34+,37+/m0/s1. The van der Waals surface area contributed by atoms with Crippen molar-refractivity contribution in [2.75, 3.05) is 37.6 Å². The maximum absolute atomic E-state index is 12.2. The topological polar surface area (TPSA) is 137 Å². The van der Waals surface area contributed by atoms with Crippen LogP contribution in [0.2, 0.25) is 0 Å². The Hall–Kier alpha value is -4.68. The average Bonchev–Trinajstić information content (AvgIpc) is 3.14.